The van der Waals surface area contributed by atoms with E-state index in [0.717, 1.165) is 34.0 Å². The topological polar surface area (TPSA) is 56.1 Å². The molecule has 0 radical (unpaired) electrons. The molecule has 0 fully saturated rings. The maximum absolute atomic E-state index is 12.4. The number of benzene rings is 2. The summed E-state index contributed by atoms with van der Waals surface area (Å²) in [5.74, 6) is 0.573. The van der Waals surface area contributed by atoms with Crippen molar-refractivity contribution < 1.29 is 9.53 Å². The van der Waals surface area contributed by atoms with E-state index in [1.54, 1.807) is 19.3 Å². The molecule has 1 N–H and O–H groups in total. The molecule has 0 bridgehead atoms. The maximum atomic E-state index is 12.4. The zero-order valence-corrected chi connectivity index (χ0v) is 16.8. The molecule has 144 valence electrons. The van der Waals surface area contributed by atoms with Crippen molar-refractivity contribution in [1.82, 2.24) is 9.78 Å². The van der Waals surface area contributed by atoms with Crippen LogP contribution >= 0.6 is 11.6 Å². The number of aromatic nitrogens is 2. The van der Waals surface area contributed by atoms with Gasteiger partial charge in [0.1, 0.15) is 5.75 Å². The number of nitrogens with zero attached hydrogens (tertiary/aromatic N) is 2. The lowest BCUT2D eigenvalue weighted by molar-refractivity contribution is -0.111. The van der Waals surface area contributed by atoms with Gasteiger partial charge < -0.3 is 10.1 Å². The summed E-state index contributed by atoms with van der Waals surface area (Å²) < 4.78 is 7.14. The molecule has 1 amide bonds. The number of rotatable bonds is 6. The Labute approximate surface area is 169 Å². The minimum Gasteiger partial charge on any atom is -0.497 e. The number of amides is 1. The largest absolute Gasteiger partial charge is 0.497 e. The monoisotopic (exact) mass is 395 g/mol. The first-order valence-electron chi connectivity index (χ1n) is 8.88. The molecule has 5 nitrogen and oxygen atoms in total. The lowest BCUT2D eigenvalue weighted by Gasteiger charge is -2.07. The Morgan fingerprint density at radius 3 is 2.75 bits per heavy atom. The van der Waals surface area contributed by atoms with Crippen LogP contribution in [0.5, 0.6) is 5.75 Å². The molecule has 2 aromatic carbocycles. The van der Waals surface area contributed by atoms with E-state index in [1.165, 1.54) is 6.08 Å². The predicted molar refractivity (Wildman–Crippen MR) is 113 cm³/mol. The van der Waals surface area contributed by atoms with Gasteiger partial charge in [-0.3, -0.25) is 9.48 Å². The average molecular weight is 396 g/mol. The number of halogens is 1. The quantitative estimate of drug-likeness (QED) is 0.606. The van der Waals surface area contributed by atoms with E-state index in [9.17, 15) is 4.79 Å². The van der Waals surface area contributed by atoms with Crippen LogP contribution in [0, 0.1) is 13.8 Å². The summed E-state index contributed by atoms with van der Waals surface area (Å²) in [5.41, 5.74) is 4.24. The first-order valence-corrected chi connectivity index (χ1v) is 9.26. The van der Waals surface area contributed by atoms with Gasteiger partial charge in [-0.05, 0) is 49.2 Å². The predicted octanol–water partition coefficient (Wildman–Crippen LogP) is 4.86. The summed E-state index contributed by atoms with van der Waals surface area (Å²) in [7, 11) is 1.65. The molecule has 0 saturated heterocycles. The number of hydrogen-bond acceptors (Lipinski definition) is 3. The molecule has 1 aromatic heterocycles. The van der Waals surface area contributed by atoms with Gasteiger partial charge in [0.25, 0.3) is 0 Å². The lowest BCUT2D eigenvalue weighted by Crippen LogP contribution is -2.10. The highest BCUT2D eigenvalue weighted by Crippen LogP contribution is 2.22. The molecule has 3 rings (SSSR count). The highest BCUT2D eigenvalue weighted by molar-refractivity contribution is 6.32. The van der Waals surface area contributed by atoms with Gasteiger partial charge in [-0.15, -0.1) is 0 Å². The number of hydrogen-bond donors (Lipinski definition) is 1. The Balaban J connectivity index is 1.74. The number of nitrogens with one attached hydrogen (secondary N) is 1. The van der Waals surface area contributed by atoms with E-state index >= 15 is 0 Å². The van der Waals surface area contributed by atoms with Crippen molar-refractivity contribution in [1.29, 1.82) is 0 Å². The number of ether oxygens (including phenoxy) is 1. The fourth-order valence-electron chi connectivity index (χ4n) is 2.92. The van der Waals surface area contributed by atoms with Crippen LogP contribution in [0.1, 0.15) is 22.5 Å². The number of aryl methyl sites for hydroxylation is 1. The van der Waals surface area contributed by atoms with E-state index in [1.807, 2.05) is 61.0 Å². The van der Waals surface area contributed by atoms with Gasteiger partial charge in [-0.2, -0.15) is 5.10 Å². The molecule has 0 aliphatic rings. The van der Waals surface area contributed by atoms with E-state index in [4.69, 9.17) is 16.3 Å². The van der Waals surface area contributed by atoms with Gasteiger partial charge in [0.2, 0.25) is 5.91 Å². The summed E-state index contributed by atoms with van der Waals surface area (Å²) in [6.07, 6.45) is 3.17. The summed E-state index contributed by atoms with van der Waals surface area (Å²) >= 11 is 6.12. The second-order valence-corrected chi connectivity index (χ2v) is 6.81. The minimum atomic E-state index is -0.230. The van der Waals surface area contributed by atoms with Crippen molar-refractivity contribution in [2.75, 3.05) is 12.4 Å². The zero-order chi connectivity index (χ0) is 20.1. The summed E-state index contributed by atoms with van der Waals surface area (Å²) in [5, 5.41) is 8.08. The molecule has 0 aliphatic heterocycles. The number of carbonyl (C=O) groups is 1. The highest BCUT2D eigenvalue weighted by Gasteiger charge is 2.13. The van der Waals surface area contributed by atoms with Crippen LogP contribution in [-0.2, 0) is 11.3 Å². The van der Waals surface area contributed by atoms with E-state index in [0.29, 0.717) is 11.6 Å². The van der Waals surface area contributed by atoms with Crippen molar-refractivity contribution in [3.8, 4) is 5.75 Å². The van der Waals surface area contributed by atoms with E-state index < -0.39 is 0 Å². The summed E-state index contributed by atoms with van der Waals surface area (Å²) in [4.78, 5) is 12.4. The smallest absolute Gasteiger partial charge is 0.248 e. The molecule has 28 heavy (non-hydrogen) atoms. The molecular formula is C22H22ClN3O2. The Morgan fingerprint density at radius 1 is 1.21 bits per heavy atom. The van der Waals surface area contributed by atoms with Crippen LogP contribution in [0.4, 0.5) is 5.69 Å². The summed E-state index contributed by atoms with van der Waals surface area (Å²) in [6, 6.07) is 15.2. The number of anilines is 1. The van der Waals surface area contributed by atoms with Crippen LogP contribution in [0.2, 0.25) is 5.02 Å². The van der Waals surface area contributed by atoms with Crippen molar-refractivity contribution in [2.45, 2.75) is 20.4 Å². The lowest BCUT2D eigenvalue weighted by atomic mass is 10.2. The zero-order valence-electron chi connectivity index (χ0n) is 16.1. The third-order valence-electron chi connectivity index (χ3n) is 4.42. The van der Waals surface area contributed by atoms with Gasteiger partial charge in [0.05, 0.1) is 30.7 Å². The summed E-state index contributed by atoms with van der Waals surface area (Å²) in [6.45, 7) is 4.41. The van der Waals surface area contributed by atoms with Crippen LogP contribution < -0.4 is 10.1 Å². The second kappa shape index (κ2) is 8.76. The molecule has 0 aliphatic carbocycles. The highest BCUT2D eigenvalue weighted by atomic mass is 35.5. The third kappa shape index (κ3) is 4.61. The van der Waals surface area contributed by atoms with Crippen molar-refractivity contribution in [3.63, 3.8) is 0 Å². The average Bonchev–Trinajstić information content (AvgIpc) is 2.95. The van der Waals surface area contributed by atoms with Gasteiger partial charge in [-0.1, -0.05) is 41.9 Å². The third-order valence-corrected chi connectivity index (χ3v) is 4.76. The van der Waals surface area contributed by atoms with Crippen molar-refractivity contribution in [2.24, 2.45) is 0 Å². The van der Waals surface area contributed by atoms with Gasteiger partial charge in [0.15, 0.2) is 0 Å². The Bertz CT molecular complexity index is 1020. The van der Waals surface area contributed by atoms with Crippen LogP contribution in [-0.4, -0.2) is 22.8 Å². The Hall–Kier alpha value is -3.05. The molecule has 1 heterocycles. The van der Waals surface area contributed by atoms with Gasteiger partial charge in [0, 0.05) is 11.1 Å². The van der Waals surface area contributed by atoms with Crippen LogP contribution in [0.25, 0.3) is 6.08 Å². The van der Waals surface area contributed by atoms with Crippen molar-refractivity contribution >= 4 is 29.3 Å². The Kier molecular flexibility index (Phi) is 6.16. The SMILES string of the molecule is COc1cccc(Cn2nc(C)c(NC(=O)/C=C/c3ccccc3Cl)c2C)c1. The fraction of sp³-hybridized carbons (Fsp3) is 0.182. The first-order chi connectivity index (χ1) is 13.5. The molecule has 6 heteroatoms. The number of methoxy groups -OCH3 is 1. The molecule has 3 aromatic rings. The Morgan fingerprint density at radius 2 is 2.00 bits per heavy atom. The molecule has 0 unspecified atom stereocenters. The van der Waals surface area contributed by atoms with Crippen LogP contribution in [0.15, 0.2) is 54.6 Å². The van der Waals surface area contributed by atoms with E-state index in [2.05, 4.69) is 10.4 Å². The second-order valence-electron chi connectivity index (χ2n) is 6.40. The molecule has 0 spiro atoms. The maximum Gasteiger partial charge on any atom is 0.248 e. The van der Waals surface area contributed by atoms with Gasteiger partial charge in [-0.25, -0.2) is 0 Å². The van der Waals surface area contributed by atoms with Crippen molar-refractivity contribution in [3.05, 3.63) is 82.1 Å². The van der Waals surface area contributed by atoms with Crippen LogP contribution in [0.3, 0.4) is 0 Å². The van der Waals surface area contributed by atoms with E-state index in [-0.39, 0.29) is 5.91 Å². The molecular weight excluding hydrogens is 374 g/mol. The normalized spacial score (nSPS) is 11.0. The van der Waals surface area contributed by atoms with Gasteiger partial charge >= 0.3 is 0 Å². The minimum absolute atomic E-state index is 0.230. The standard InChI is InChI=1S/C22H22ClN3O2/c1-15-22(24-21(27)12-11-18-8-4-5-10-20(18)23)16(2)26(25-15)14-17-7-6-9-19(13-17)28-3/h4-13H,14H2,1-3H3,(H,24,27)/b12-11+. The fourth-order valence-corrected chi connectivity index (χ4v) is 3.11. The first kappa shape index (κ1) is 19.7. The molecule has 0 saturated carbocycles. The number of carbonyl (C=O) groups excluding carboxylic acids is 1. The molecule has 0 atom stereocenters.